The molecule has 0 spiro atoms. The van der Waals surface area contributed by atoms with Crippen LogP contribution in [0.3, 0.4) is 0 Å². The summed E-state index contributed by atoms with van der Waals surface area (Å²) in [5.74, 6) is 1.47. The van der Waals surface area contributed by atoms with Crippen molar-refractivity contribution in [2.45, 2.75) is 13.0 Å². The standard InChI is InChI=1S/C17H20BrNO2/c1-11-5-6-12(9-14(11)18)17(19-2)13-7-8-15(20-3)16(10-13)21-4/h5-10,17,19H,1-4H3. The van der Waals surface area contributed by atoms with E-state index in [4.69, 9.17) is 9.47 Å². The van der Waals surface area contributed by atoms with Gasteiger partial charge in [0.2, 0.25) is 0 Å². The molecule has 0 amide bonds. The molecule has 0 saturated heterocycles. The van der Waals surface area contributed by atoms with Crippen molar-refractivity contribution < 1.29 is 9.47 Å². The summed E-state index contributed by atoms with van der Waals surface area (Å²) in [5.41, 5.74) is 3.55. The lowest BCUT2D eigenvalue weighted by molar-refractivity contribution is 0.354. The van der Waals surface area contributed by atoms with Gasteiger partial charge >= 0.3 is 0 Å². The van der Waals surface area contributed by atoms with Gasteiger partial charge in [-0.1, -0.05) is 34.1 Å². The summed E-state index contributed by atoms with van der Waals surface area (Å²) in [5, 5.41) is 3.35. The van der Waals surface area contributed by atoms with Crippen molar-refractivity contribution in [1.29, 1.82) is 0 Å². The van der Waals surface area contributed by atoms with Gasteiger partial charge in [-0.25, -0.2) is 0 Å². The molecule has 0 aromatic heterocycles. The fourth-order valence-electron chi connectivity index (χ4n) is 2.35. The Morgan fingerprint density at radius 2 is 1.57 bits per heavy atom. The number of aryl methyl sites for hydroxylation is 1. The lowest BCUT2D eigenvalue weighted by atomic mass is 9.97. The number of nitrogens with one attached hydrogen (secondary N) is 1. The van der Waals surface area contributed by atoms with Crippen molar-refractivity contribution in [3.63, 3.8) is 0 Å². The molecule has 0 heterocycles. The number of hydrogen-bond donors (Lipinski definition) is 1. The van der Waals surface area contributed by atoms with E-state index in [0.29, 0.717) is 0 Å². The molecule has 3 nitrogen and oxygen atoms in total. The van der Waals surface area contributed by atoms with Gasteiger partial charge in [-0.3, -0.25) is 0 Å². The summed E-state index contributed by atoms with van der Waals surface area (Å²) < 4.78 is 11.8. The van der Waals surface area contributed by atoms with Crippen molar-refractivity contribution in [2.24, 2.45) is 0 Å². The highest BCUT2D eigenvalue weighted by Crippen LogP contribution is 2.33. The first-order valence-corrected chi connectivity index (χ1v) is 7.55. The minimum Gasteiger partial charge on any atom is -0.493 e. The van der Waals surface area contributed by atoms with Crippen LogP contribution in [0.4, 0.5) is 0 Å². The highest BCUT2D eigenvalue weighted by atomic mass is 79.9. The number of methoxy groups -OCH3 is 2. The van der Waals surface area contributed by atoms with Crippen molar-refractivity contribution >= 4 is 15.9 Å². The van der Waals surface area contributed by atoms with E-state index < -0.39 is 0 Å². The van der Waals surface area contributed by atoms with E-state index in [0.717, 1.165) is 21.5 Å². The molecule has 0 aliphatic heterocycles. The molecule has 0 aliphatic carbocycles. The molecule has 4 heteroatoms. The summed E-state index contributed by atoms with van der Waals surface area (Å²) in [7, 11) is 5.25. The minimum absolute atomic E-state index is 0.0988. The topological polar surface area (TPSA) is 30.5 Å². The number of hydrogen-bond acceptors (Lipinski definition) is 3. The van der Waals surface area contributed by atoms with Crippen LogP contribution in [0.1, 0.15) is 22.7 Å². The zero-order chi connectivity index (χ0) is 15.4. The Labute approximate surface area is 134 Å². The monoisotopic (exact) mass is 349 g/mol. The largest absolute Gasteiger partial charge is 0.493 e. The molecular weight excluding hydrogens is 330 g/mol. The van der Waals surface area contributed by atoms with Crippen LogP contribution in [-0.2, 0) is 0 Å². The summed E-state index contributed by atoms with van der Waals surface area (Å²) >= 11 is 3.59. The Morgan fingerprint density at radius 1 is 0.952 bits per heavy atom. The van der Waals surface area contributed by atoms with E-state index in [1.54, 1.807) is 14.2 Å². The molecule has 1 atom stereocenters. The van der Waals surface area contributed by atoms with Crippen molar-refractivity contribution in [2.75, 3.05) is 21.3 Å². The third-order valence-corrected chi connectivity index (χ3v) is 4.41. The van der Waals surface area contributed by atoms with Crippen LogP contribution < -0.4 is 14.8 Å². The molecule has 21 heavy (non-hydrogen) atoms. The minimum atomic E-state index is 0.0988. The van der Waals surface area contributed by atoms with Gasteiger partial charge in [-0.2, -0.15) is 0 Å². The van der Waals surface area contributed by atoms with Crippen LogP contribution in [0.25, 0.3) is 0 Å². The van der Waals surface area contributed by atoms with Crippen LogP contribution in [0, 0.1) is 6.92 Å². The predicted octanol–water partition coefficient (Wildman–Crippen LogP) is 4.08. The molecule has 0 saturated carbocycles. The fourth-order valence-corrected chi connectivity index (χ4v) is 2.74. The quantitative estimate of drug-likeness (QED) is 0.881. The second kappa shape index (κ2) is 6.96. The summed E-state index contributed by atoms with van der Waals surface area (Å²) in [6.07, 6.45) is 0. The molecule has 0 bridgehead atoms. The van der Waals surface area contributed by atoms with Gasteiger partial charge in [0.25, 0.3) is 0 Å². The Morgan fingerprint density at radius 3 is 2.14 bits per heavy atom. The van der Waals surface area contributed by atoms with Gasteiger partial charge in [0, 0.05) is 4.47 Å². The molecule has 0 fully saturated rings. The molecule has 1 unspecified atom stereocenters. The van der Waals surface area contributed by atoms with Gasteiger partial charge in [0.1, 0.15) is 0 Å². The maximum absolute atomic E-state index is 5.39. The summed E-state index contributed by atoms with van der Waals surface area (Å²) in [6, 6.07) is 12.5. The number of benzene rings is 2. The molecular formula is C17H20BrNO2. The lowest BCUT2D eigenvalue weighted by Gasteiger charge is -2.19. The first kappa shape index (κ1) is 15.9. The smallest absolute Gasteiger partial charge is 0.161 e. The van der Waals surface area contributed by atoms with E-state index in [2.05, 4.69) is 52.4 Å². The maximum atomic E-state index is 5.39. The number of rotatable bonds is 5. The molecule has 2 aromatic carbocycles. The molecule has 0 radical (unpaired) electrons. The van der Waals surface area contributed by atoms with Crippen molar-refractivity contribution in [3.05, 3.63) is 57.6 Å². The van der Waals surface area contributed by atoms with Gasteiger partial charge in [-0.15, -0.1) is 0 Å². The van der Waals surface area contributed by atoms with Crippen LogP contribution >= 0.6 is 15.9 Å². The third-order valence-electron chi connectivity index (χ3n) is 3.56. The Kier molecular flexibility index (Phi) is 5.26. The number of halogens is 1. The average Bonchev–Trinajstić information content (AvgIpc) is 2.51. The van der Waals surface area contributed by atoms with Crippen LogP contribution in [0.5, 0.6) is 11.5 Å². The number of ether oxygens (including phenoxy) is 2. The van der Waals surface area contributed by atoms with E-state index in [9.17, 15) is 0 Å². The summed E-state index contributed by atoms with van der Waals surface area (Å²) in [6.45, 7) is 2.08. The first-order chi connectivity index (χ1) is 10.1. The molecule has 2 rings (SSSR count). The first-order valence-electron chi connectivity index (χ1n) is 6.76. The average molecular weight is 350 g/mol. The van der Waals surface area contributed by atoms with E-state index in [1.165, 1.54) is 11.1 Å². The van der Waals surface area contributed by atoms with Crippen LogP contribution in [-0.4, -0.2) is 21.3 Å². The van der Waals surface area contributed by atoms with Gasteiger partial charge < -0.3 is 14.8 Å². The van der Waals surface area contributed by atoms with E-state index in [1.807, 2.05) is 19.2 Å². The maximum Gasteiger partial charge on any atom is 0.161 e. The lowest BCUT2D eigenvalue weighted by Crippen LogP contribution is -2.17. The van der Waals surface area contributed by atoms with Crippen molar-refractivity contribution in [1.82, 2.24) is 5.32 Å². The van der Waals surface area contributed by atoms with E-state index in [-0.39, 0.29) is 6.04 Å². The van der Waals surface area contributed by atoms with Crippen LogP contribution in [0.15, 0.2) is 40.9 Å². The SMILES string of the molecule is CNC(c1ccc(C)c(Br)c1)c1ccc(OC)c(OC)c1. The fraction of sp³-hybridized carbons (Fsp3) is 0.294. The predicted molar refractivity (Wildman–Crippen MR) is 89.3 cm³/mol. The highest BCUT2D eigenvalue weighted by Gasteiger charge is 2.15. The van der Waals surface area contributed by atoms with Crippen molar-refractivity contribution in [3.8, 4) is 11.5 Å². The second-order valence-corrected chi connectivity index (χ2v) is 5.70. The van der Waals surface area contributed by atoms with Gasteiger partial charge in [0.15, 0.2) is 11.5 Å². The Balaban J connectivity index is 2.43. The third kappa shape index (κ3) is 3.39. The second-order valence-electron chi connectivity index (χ2n) is 4.84. The zero-order valence-electron chi connectivity index (χ0n) is 12.7. The molecule has 0 aliphatic rings. The van der Waals surface area contributed by atoms with Gasteiger partial charge in [-0.05, 0) is 48.9 Å². The molecule has 112 valence electrons. The molecule has 2 aromatic rings. The Bertz CT molecular complexity index is 628. The normalized spacial score (nSPS) is 12.0. The summed E-state index contributed by atoms with van der Waals surface area (Å²) in [4.78, 5) is 0. The van der Waals surface area contributed by atoms with Crippen LogP contribution in [0.2, 0.25) is 0 Å². The Hall–Kier alpha value is -1.52. The zero-order valence-corrected chi connectivity index (χ0v) is 14.3. The van der Waals surface area contributed by atoms with E-state index >= 15 is 0 Å². The highest BCUT2D eigenvalue weighted by molar-refractivity contribution is 9.10. The molecule has 1 N–H and O–H groups in total. The van der Waals surface area contributed by atoms with Gasteiger partial charge in [0.05, 0.1) is 20.3 Å².